The molecule has 0 radical (unpaired) electrons. The first kappa shape index (κ1) is 12.4. The Labute approximate surface area is 93.9 Å². The first-order valence-corrected chi connectivity index (χ1v) is 6.49. The Morgan fingerprint density at radius 1 is 1.33 bits per heavy atom. The van der Waals surface area contributed by atoms with Gasteiger partial charge in [0.1, 0.15) is 5.21 Å². The van der Waals surface area contributed by atoms with Crippen LogP contribution in [0.3, 0.4) is 0 Å². The second-order valence-electron chi connectivity index (χ2n) is 2.99. The van der Waals surface area contributed by atoms with Gasteiger partial charge in [-0.25, -0.2) is 13.1 Å². The number of aliphatic hydroxyl groups is 1. The van der Waals surface area contributed by atoms with E-state index in [0.717, 1.165) is 0 Å². The summed E-state index contributed by atoms with van der Waals surface area (Å²) in [6, 6.07) is 8.18. The molecule has 1 aromatic carbocycles. The van der Waals surface area contributed by atoms with Crippen LogP contribution >= 0.6 is 11.6 Å². The van der Waals surface area contributed by atoms with E-state index < -0.39 is 21.3 Å². The van der Waals surface area contributed by atoms with E-state index in [4.69, 9.17) is 16.7 Å². The van der Waals surface area contributed by atoms with Crippen LogP contribution in [0.5, 0.6) is 0 Å². The summed E-state index contributed by atoms with van der Waals surface area (Å²) >= 11 is 5.25. The lowest BCUT2D eigenvalue weighted by Crippen LogP contribution is -2.31. The molecule has 0 saturated heterocycles. The van der Waals surface area contributed by atoms with Crippen LogP contribution in [0.2, 0.25) is 0 Å². The Morgan fingerprint density at radius 3 is 2.40 bits per heavy atom. The number of hydrogen-bond acceptors (Lipinski definition) is 3. The zero-order valence-electron chi connectivity index (χ0n) is 7.93. The summed E-state index contributed by atoms with van der Waals surface area (Å²) in [7, 11) is -3.52. The first-order chi connectivity index (χ1) is 7.09. The molecule has 0 fully saturated rings. The predicted octanol–water partition coefficient (Wildman–Crippen LogP) is 0.836. The van der Waals surface area contributed by atoms with E-state index >= 15 is 0 Å². The van der Waals surface area contributed by atoms with Crippen LogP contribution in [0.15, 0.2) is 30.3 Å². The minimum absolute atomic E-state index is 0.305. The number of benzene rings is 1. The van der Waals surface area contributed by atoms with Crippen molar-refractivity contribution < 1.29 is 13.5 Å². The van der Waals surface area contributed by atoms with Crippen molar-refractivity contribution in [2.75, 3.05) is 11.8 Å². The Kier molecular flexibility index (Phi) is 4.53. The van der Waals surface area contributed by atoms with Gasteiger partial charge in [-0.05, 0) is 5.56 Å². The molecule has 1 atom stereocenters. The molecule has 0 aliphatic carbocycles. The zero-order valence-corrected chi connectivity index (χ0v) is 9.50. The van der Waals surface area contributed by atoms with Gasteiger partial charge in [-0.15, -0.1) is 11.6 Å². The molecule has 0 saturated carbocycles. The lowest BCUT2D eigenvalue weighted by Gasteiger charge is -2.15. The van der Waals surface area contributed by atoms with Crippen molar-refractivity contribution in [1.82, 2.24) is 4.72 Å². The molecule has 2 N–H and O–H groups in total. The molecule has 0 heterocycles. The lowest BCUT2D eigenvalue weighted by molar-refractivity contribution is 0.259. The normalized spacial score (nSPS) is 13.7. The zero-order chi connectivity index (χ0) is 11.3. The third kappa shape index (κ3) is 3.79. The molecule has 0 bridgehead atoms. The molecule has 0 aromatic heterocycles. The molecule has 0 aliphatic rings. The minimum Gasteiger partial charge on any atom is -0.394 e. The standard InChI is InChI=1S/C9H12ClNO3S/c10-7-15(13,14)11-9(6-12)8-4-2-1-3-5-8/h1-5,9,11-12H,6-7H2/t9-/m1/s1. The molecule has 0 amide bonds. The van der Waals surface area contributed by atoms with Crippen LogP contribution in [0.4, 0.5) is 0 Å². The molecule has 84 valence electrons. The monoisotopic (exact) mass is 249 g/mol. The van der Waals surface area contributed by atoms with Crippen molar-refractivity contribution in [3.05, 3.63) is 35.9 Å². The topological polar surface area (TPSA) is 66.4 Å². The van der Waals surface area contributed by atoms with Gasteiger partial charge in [-0.3, -0.25) is 0 Å². The lowest BCUT2D eigenvalue weighted by atomic mass is 10.1. The minimum atomic E-state index is -3.52. The molecule has 0 spiro atoms. The highest BCUT2D eigenvalue weighted by atomic mass is 35.5. The number of alkyl halides is 1. The maximum absolute atomic E-state index is 11.2. The SMILES string of the molecule is O=S(=O)(CCl)N[C@H](CO)c1ccccc1. The Bertz CT molecular complexity index is 393. The third-order valence-corrected chi connectivity index (χ3v) is 3.64. The van der Waals surface area contributed by atoms with E-state index in [1.165, 1.54) is 0 Å². The molecular formula is C9H12ClNO3S. The highest BCUT2D eigenvalue weighted by Crippen LogP contribution is 2.12. The van der Waals surface area contributed by atoms with E-state index in [0.29, 0.717) is 5.56 Å². The number of hydrogen-bond donors (Lipinski definition) is 2. The summed E-state index contributed by atoms with van der Waals surface area (Å²) in [5.74, 6) is 0. The van der Waals surface area contributed by atoms with E-state index in [1.807, 2.05) is 6.07 Å². The number of aliphatic hydroxyl groups excluding tert-OH is 1. The van der Waals surface area contributed by atoms with Gasteiger partial charge in [-0.1, -0.05) is 30.3 Å². The van der Waals surface area contributed by atoms with Crippen molar-refractivity contribution in [1.29, 1.82) is 0 Å². The van der Waals surface area contributed by atoms with E-state index in [1.54, 1.807) is 24.3 Å². The fourth-order valence-corrected chi connectivity index (χ4v) is 2.04. The Balaban J connectivity index is 2.83. The highest BCUT2D eigenvalue weighted by molar-refractivity contribution is 7.90. The van der Waals surface area contributed by atoms with Gasteiger partial charge in [0.25, 0.3) is 0 Å². The maximum atomic E-state index is 11.2. The fraction of sp³-hybridized carbons (Fsp3) is 0.333. The van der Waals surface area contributed by atoms with Crippen molar-refractivity contribution in [3.63, 3.8) is 0 Å². The fourth-order valence-electron chi connectivity index (χ4n) is 1.14. The number of halogens is 1. The summed E-state index contributed by atoms with van der Waals surface area (Å²) in [6.07, 6.45) is 0. The third-order valence-electron chi connectivity index (χ3n) is 1.85. The van der Waals surface area contributed by atoms with Crippen LogP contribution in [0.1, 0.15) is 11.6 Å². The summed E-state index contributed by atoms with van der Waals surface area (Å²) in [5, 5.41) is 8.55. The van der Waals surface area contributed by atoms with Gasteiger partial charge < -0.3 is 5.11 Å². The van der Waals surface area contributed by atoms with Gasteiger partial charge in [0.15, 0.2) is 0 Å². The van der Waals surface area contributed by atoms with Gasteiger partial charge in [0, 0.05) is 0 Å². The molecule has 0 aliphatic heterocycles. The summed E-state index contributed by atoms with van der Waals surface area (Å²) in [5.41, 5.74) is 0.702. The molecule has 6 heteroatoms. The predicted molar refractivity (Wildman–Crippen MR) is 59.0 cm³/mol. The molecule has 4 nitrogen and oxygen atoms in total. The Hall–Kier alpha value is -0.620. The van der Waals surface area contributed by atoms with Crippen LogP contribution in [0, 0.1) is 0 Å². The quantitative estimate of drug-likeness (QED) is 0.760. The van der Waals surface area contributed by atoms with E-state index in [-0.39, 0.29) is 6.61 Å². The van der Waals surface area contributed by atoms with Crippen molar-refractivity contribution in [3.8, 4) is 0 Å². The van der Waals surface area contributed by atoms with Gasteiger partial charge in [0.2, 0.25) is 10.0 Å². The average Bonchev–Trinajstić information content (AvgIpc) is 2.27. The van der Waals surface area contributed by atoms with Gasteiger partial charge >= 0.3 is 0 Å². The summed E-state index contributed by atoms with van der Waals surface area (Å²) < 4.78 is 24.7. The van der Waals surface area contributed by atoms with E-state index in [9.17, 15) is 8.42 Å². The first-order valence-electron chi connectivity index (χ1n) is 4.31. The van der Waals surface area contributed by atoms with Crippen LogP contribution < -0.4 is 4.72 Å². The van der Waals surface area contributed by atoms with Gasteiger partial charge in [0.05, 0.1) is 12.6 Å². The van der Waals surface area contributed by atoms with E-state index in [2.05, 4.69) is 4.72 Å². The second kappa shape index (κ2) is 5.46. The summed E-state index contributed by atoms with van der Waals surface area (Å²) in [6.45, 7) is -0.305. The van der Waals surface area contributed by atoms with Crippen molar-refractivity contribution in [2.45, 2.75) is 6.04 Å². The average molecular weight is 250 g/mol. The largest absolute Gasteiger partial charge is 0.394 e. The number of rotatable bonds is 5. The summed E-state index contributed by atoms with van der Waals surface area (Å²) in [4.78, 5) is 0. The van der Waals surface area contributed by atoms with Crippen molar-refractivity contribution in [2.24, 2.45) is 0 Å². The maximum Gasteiger partial charge on any atom is 0.226 e. The molecule has 0 unspecified atom stereocenters. The molecular weight excluding hydrogens is 238 g/mol. The molecule has 15 heavy (non-hydrogen) atoms. The van der Waals surface area contributed by atoms with Gasteiger partial charge in [-0.2, -0.15) is 0 Å². The number of sulfonamides is 1. The van der Waals surface area contributed by atoms with Crippen molar-refractivity contribution >= 4 is 21.6 Å². The second-order valence-corrected chi connectivity index (χ2v) is 5.33. The van der Waals surface area contributed by atoms with Crippen LogP contribution in [-0.4, -0.2) is 25.3 Å². The van der Waals surface area contributed by atoms with Crippen LogP contribution in [0.25, 0.3) is 0 Å². The Morgan fingerprint density at radius 2 is 1.93 bits per heavy atom. The number of nitrogens with one attached hydrogen (secondary N) is 1. The smallest absolute Gasteiger partial charge is 0.226 e. The molecule has 1 aromatic rings. The molecule has 1 rings (SSSR count). The highest BCUT2D eigenvalue weighted by Gasteiger charge is 2.17. The van der Waals surface area contributed by atoms with Crippen LogP contribution in [-0.2, 0) is 10.0 Å².